The molecular formula is C60H41N3Si. The number of nitrogens with zero attached hydrogens (tertiary/aromatic N) is 3. The Bertz CT molecular complexity index is 3690. The van der Waals surface area contributed by atoms with Gasteiger partial charge in [0.2, 0.25) is 0 Å². The molecule has 10 aromatic carbocycles. The Morgan fingerprint density at radius 2 is 0.609 bits per heavy atom. The minimum atomic E-state index is -2.78. The highest BCUT2D eigenvalue weighted by Crippen LogP contribution is 2.43. The lowest BCUT2D eigenvalue weighted by molar-refractivity contribution is 1.15. The lowest BCUT2D eigenvalue weighted by Gasteiger charge is -2.34. The smallest absolute Gasteiger partial charge is 0.179 e. The number of benzene rings is 10. The number of hydrogen-bond donors (Lipinski definition) is 0. The largest absolute Gasteiger partial charge is 0.309 e. The van der Waals surface area contributed by atoms with Crippen LogP contribution in [0.1, 0.15) is 0 Å². The molecule has 0 aliphatic carbocycles. The van der Waals surface area contributed by atoms with Crippen LogP contribution in [0.25, 0.3) is 82.8 Å². The van der Waals surface area contributed by atoms with Gasteiger partial charge < -0.3 is 13.7 Å². The van der Waals surface area contributed by atoms with E-state index >= 15 is 0 Å². The molecule has 4 heteroatoms. The van der Waals surface area contributed by atoms with Gasteiger partial charge >= 0.3 is 0 Å². The van der Waals surface area contributed by atoms with Gasteiger partial charge in [-0.3, -0.25) is 0 Å². The van der Waals surface area contributed by atoms with Crippen LogP contribution in [0.2, 0.25) is 0 Å². The Hall–Kier alpha value is -8.18. The fourth-order valence-electron chi connectivity index (χ4n) is 10.9. The van der Waals surface area contributed by atoms with Crippen LogP contribution in [0.4, 0.5) is 0 Å². The summed E-state index contributed by atoms with van der Waals surface area (Å²) in [4.78, 5) is 0. The van der Waals surface area contributed by atoms with Crippen molar-refractivity contribution in [1.82, 2.24) is 13.7 Å². The van der Waals surface area contributed by atoms with Gasteiger partial charge in [-0.15, -0.1) is 0 Å². The molecule has 3 nitrogen and oxygen atoms in total. The van der Waals surface area contributed by atoms with E-state index in [1.165, 1.54) is 92.2 Å². The highest BCUT2D eigenvalue weighted by Gasteiger charge is 2.41. The quantitative estimate of drug-likeness (QED) is 0.107. The van der Waals surface area contributed by atoms with Crippen molar-refractivity contribution in [3.63, 3.8) is 0 Å². The lowest BCUT2D eigenvalue weighted by atomic mass is 10.1. The first kappa shape index (κ1) is 36.5. The SMILES string of the molecule is c1ccc(-c2ccc([Si](c3ccccc3)(c3ccccc3)c3ccc(-n4c5ccccc5c5ccc(-n6c7cccc8c7c7c(cccc76)n8-c6ccccc6)cc54)cc3)cc2)cc1. The summed E-state index contributed by atoms with van der Waals surface area (Å²) in [7, 11) is -2.78. The number of aromatic nitrogens is 3. The molecule has 0 aliphatic rings. The number of rotatable bonds is 8. The molecule has 0 saturated carbocycles. The Morgan fingerprint density at radius 3 is 1.19 bits per heavy atom. The number of fused-ring (bicyclic) bond motifs is 3. The van der Waals surface area contributed by atoms with Crippen LogP contribution in [-0.2, 0) is 0 Å². The Kier molecular flexibility index (Phi) is 8.23. The van der Waals surface area contributed by atoms with Crippen molar-refractivity contribution < 1.29 is 0 Å². The fourth-order valence-corrected chi connectivity index (χ4v) is 15.6. The first-order valence-corrected chi connectivity index (χ1v) is 24.1. The molecule has 0 unspecified atom stereocenters. The first-order valence-electron chi connectivity index (χ1n) is 22.1. The summed E-state index contributed by atoms with van der Waals surface area (Å²) in [5.41, 5.74) is 13.2. The van der Waals surface area contributed by atoms with Gasteiger partial charge in [-0.25, -0.2) is 0 Å². The Morgan fingerprint density at radius 1 is 0.234 bits per heavy atom. The molecule has 0 radical (unpaired) electrons. The third-order valence-corrected chi connectivity index (χ3v) is 18.4. The van der Waals surface area contributed by atoms with Crippen LogP contribution in [-0.4, -0.2) is 21.8 Å². The summed E-state index contributed by atoms with van der Waals surface area (Å²) < 4.78 is 7.34. The first-order chi connectivity index (χ1) is 31.8. The molecule has 0 amide bonds. The summed E-state index contributed by atoms with van der Waals surface area (Å²) in [6, 6.07) is 92.1. The average molecular weight is 832 g/mol. The van der Waals surface area contributed by atoms with Crippen LogP contribution >= 0.6 is 0 Å². The molecule has 3 heterocycles. The van der Waals surface area contributed by atoms with Crippen LogP contribution in [0.5, 0.6) is 0 Å². The van der Waals surface area contributed by atoms with Crippen LogP contribution in [0.15, 0.2) is 249 Å². The van der Waals surface area contributed by atoms with Gasteiger partial charge in [0.15, 0.2) is 8.07 Å². The second kappa shape index (κ2) is 14.5. The number of para-hydroxylation sites is 2. The van der Waals surface area contributed by atoms with Crippen molar-refractivity contribution in [2.24, 2.45) is 0 Å². The molecule has 0 saturated heterocycles. The third kappa shape index (κ3) is 5.33. The molecule has 0 bridgehead atoms. The second-order valence-electron chi connectivity index (χ2n) is 16.9. The summed E-state index contributed by atoms with van der Waals surface area (Å²) in [6.07, 6.45) is 0. The molecule has 64 heavy (non-hydrogen) atoms. The predicted molar refractivity (Wildman–Crippen MR) is 272 cm³/mol. The monoisotopic (exact) mass is 831 g/mol. The molecule has 0 fully saturated rings. The van der Waals surface area contributed by atoms with Crippen molar-refractivity contribution in [2.75, 3.05) is 0 Å². The average Bonchev–Trinajstić information content (AvgIpc) is 4.02. The minimum absolute atomic E-state index is 1.14. The standard InChI is InChI=1S/C60H41N3Si/c1-5-17-42(18-6-1)43-31-36-49(37-32-43)64(47-21-9-3-10-22-47,48-23-11-4-12-24-48)50-38-33-45(34-39-50)61-53-26-14-13-25-51(53)52-40-35-46(41-58(52)61)63-56-29-15-27-54-59(56)60-55(28-16-30-57(60)63)62(54)44-19-7-2-8-20-44/h1-41H. The fraction of sp³-hybridized carbons (Fsp3) is 0. The van der Waals surface area contributed by atoms with E-state index < -0.39 is 8.07 Å². The third-order valence-electron chi connectivity index (χ3n) is 13.6. The van der Waals surface area contributed by atoms with Gasteiger partial charge in [0.25, 0.3) is 0 Å². The van der Waals surface area contributed by atoms with Crippen LogP contribution in [0, 0.1) is 0 Å². The number of hydrogen-bond acceptors (Lipinski definition) is 0. The van der Waals surface area contributed by atoms with E-state index in [0.29, 0.717) is 0 Å². The van der Waals surface area contributed by atoms with Crippen molar-refractivity contribution in [1.29, 1.82) is 0 Å². The van der Waals surface area contributed by atoms with Crippen LogP contribution < -0.4 is 20.7 Å². The minimum Gasteiger partial charge on any atom is -0.309 e. The van der Waals surface area contributed by atoms with Gasteiger partial charge in [0.05, 0.1) is 33.1 Å². The molecule has 0 spiro atoms. The highest BCUT2D eigenvalue weighted by molar-refractivity contribution is 7.19. The van der Waals surface area contributed by atoms with Gasteiger partial charge in [0.1, 0.15) is 0 Å². The predicted octanol–water partition coefficient (Wildman–Crippen LogP) is 12.3. The molecule has 300 valence electrons. The molecular weight excluding hydrogens is 791 g/mol. The molecule has 0 N–H and O–H groups in total. The van der Waals surface area contributed by atoms with Gasteiger partial charge in [-0.05, 0) is 98.6 Å². The summed E-state index contributed by atoms with van der Waals surface area (Å²) in [6.45, 7) is 0. The summed E-state index contributed by atoms with van der Waals surface area (Å²) in [5.74, 6) is 0. The topological polar surface area (TPSA) is 14.8 Å². The van der Waals surface area contributed by atoms with Crippen molar-refractivity contribution in [3.05, 3.63) is 249 Å². The van der Waals surface area contributed by atoms with Gasteiger partial charge in [0, 0.05) is 38.6 Å². The zero-order valence-electron chi connectivity index (χ0n) is 35.0. The lowest BCUT2D eigenvalue weighted by Crippen LogP contribution is -2.74. The van der Waals surface area contributed by atoms with E-state index in [1.54, 1.807) is 0 Å². The molecule has 3 aromatic heterocycles. The summed E-state index contributed by atoms with van der Waals surface area (Å²) in [5, 5.41) is 10.5. The van der Waals surface area contributed by atoms with Crippen molar-refractivity contribution in [3.8, 4) is 28.2 Å². The van der Waals surface area contributed by atoms with Crippen LogP contribution in [0.3, 0.4) is 0 Å². The van der Waals surface area contributed by atoms with E-state index in [1.807, 2.05) is 0 Å². The maximum Gasteiger partial charge on any atom is 0.179 e. The highest BCUT2D eigenvalue weighted by atomic mass is 28.3. The maximum absolute atomic E-state index is 2.78. The molecule has 13 aromatic rings. The van der Waals surface area contributed by atoms with E-state index in [9.17, 15) is 0 Å². The zero-order valence-corrected chi connectivity index (χ0v) is 36.0. The molecule has 0 atom stereocenters. The summed E-state index contributed by atoms with van der Waals surface area (Å²) >= 11 is 0. The van der Waals surface area contributed by atoms with E-state index in [2.05, 4.69) is 262 Å². The zero-order chi connectivity index (χ0) is 42.2. The second-order valence-corrected chi connectivity index (χ2v) is 20.7. The van der Waals surface area contributed by atoms with Gasteiger partial charge in [-0.1, -0.05) is 182 Å². The van der Waals surface area contributed by atoms with Crippen molar-refractivity contribution >= 4 is 83.5 Å². The van der Waals surface area contributed by atoms with Crippen molar-refractivity contribution in [2.45, 2.75) is 0 Å². The molecule has 13 rings (SSSR count). The normalized spacial score (nSPS) is 12.1. The van der Waals surface area contributed by atoms with E-state index in [4.69, 9.17) is 0 Å². The Balaban J connectivity index is 1.00. The van der Waals surface area contributed by atoms with Gasteiger partial charge in [-0.2, -0.15) is 0 Å². The van der Waals surface area contributed by atoms with E-state index in [0.717, 1.165) is 11.4 Å². The Labute approximate surface area is 372 Å². The molecule has 0 aliphatic heterocycles. The van der Waals surface area contributed by atoms with E-state index in [-0.39, 0.29) is 0 Å². The maximum atomic E-state index is 2.47.